The van der Waals surface area contributed by atoms with E-state index >= 15 is 0 Å². The molecular weight excluding hydrogens is 283 g/mol. The second-order valence-corrected chi connectivity index (χ2v) is 5.18. The van der Waals surface area contributed by atoms with Crippen LogP contribution in [0.1, 0.15) is 0 Å². The Bertz CT molecular complexity index is 348. The molecule has 2 rings (SSSR count). The van der Waals surface area contributed by atoms with Gasteiger partial charge >= 0.3 is 86.7 Å². The Kier molecular flexibility index (Phi) is 2.56. The van der Waals surface area contributed by atoms with Gasteiger partial charge in [-0.15, -0.1) is 0 Å². The first-order valence-electron chi connectivity index (χ1n) is 3.64. The third-order valence-electron chi connectivity index (χ3n) is 1.70. The topological polar surface area (TPSA) is 0 Å². The van der Waals surface area contributed by atoms with Gasteiger partial charge in [-0.3, -0.25) is 0 Å². The van der Waals surface area contributed by atoms with Gasteiger partial charge < -0.3 is 0 Å². The van der Waals surface area contributed by atoms with Crippen molar-refractivity contribution in [2.75, 3.05) is 0 Å². The SMILES string of the molecule is Clc1ccc(-c2cc[te]c2)cc1. The van der Waals surface area contributed by atoms with Crippen LogP contribution < -0.4 is 0 Å². The molecule has 12 heavy (non-hydrogen) atoms. The average molecular weight is 290 g/mol. The zero-order valence-corrected chi connectivity index (χ0v) is 9.41. The van der Waals surface area contributed by atoms with Gasteiger partial charge in [-0.25, -0.2) is 0 Å². The molecule has 0 unspecified atom stereocenters. The van der Waals surface area contributed by atoms with Crippen LogP contribution >= 0.6 is 11.6 Å². The summed E-state index contributed by atoms with van der Waals surface area (Å²) in [5.74, 6) is 0. The summed E-state index contributed by atoms with van der Waals surface area (Å²) in [4.78, 5) is 0. The first-order valence-corrected chi connectivity index (χ1v) is 6.71. The molecule has 0 amide bonds. The van der Waals surface area contributed by atoms with Gasteiger partial charge in [-0.05, 0) is 0 Å². The fourth-order valence-electron chi connectivity index (χ4n) is 1.07. The minimum atomic E-state index is 0.0362. The van der Waals surface area contributed by atoms with Crippen LogP contribution in [0.5, 0.6) is 0 Å². The van der Waals surface area contributed by atoms with E-state index in [9.17, 15) is 0 Å². The van der Waals surface area contributed by atoms with Crippen molar-refractivity contribution in [3.8, 4) is 11.1 Å². The number of rotatable bonds is 1. The Morgan fingerprint density at radius 1 is 0.917 bits per heavy atom. The predicted octanol–water partition coefficient (Wildman–Crippen LogP) is 3.06. The molecule has 1 aromatic carbocycles. The van der Waals surface area contributed by atoms with E-state index in [0.717, 1.165) is 5.02 Å². The van der Waals surface area contributed by atoms with Crippen molar-refractivity contribution < 1.29 is 0 Å². The standard InChI is InChI=1S/C10H7ClTe/c11-10-3-1-8(2-4-10)9-5-6-12-7-9/h1-7H. The molecule has 0 aliphatic heterocycles. The maximum absolute atomic E-state index is 5.79. The normalized spacial score (nSPS) is 10.1. The summed E-state index contributed by atoms with van der Waals surface area (Å²) in [7, 11) is 0. The van der Waals surface area contributed by atoms with E-state index in [2.05, 4.69) is 26.4 Å². The number of hydrogen-bond acceptors (Lipinski definition) is 0. The first-order chi connectivity index (χ1) is 5.86. The molecule has 0 aliphatic carbocycles. The molecule has 0 fully saturated rings. The number of hydrogen-bond donors (Lipinski definition) is 0. The Hall–Kier alpha value is -0.220. The molecule has 0 bridgehead atoms. The average Bonchev–Trinajstić information content (AvgIpc) is 2.58. The second kappa shape index (κ2) is 3.66. The summed E-state index contributed by atoms with van der Waals surface area (Å²) < 4.78 is 4.63. The third kappa shape index (κ3) is 1.75. The minimum absolute atomic E-state index is 0.0362. The molecule has 0 spiro atoms. The van der Waals surface area contributed by atoms with Gasteiger partial charge in [-0.2, -0.15) is 0 Å². The Morgan fingerprint density at radius 3 is 2.25 bits per heavy atom. The van der Waals surface area contributed by atoms with Crippen molar-refractivity contribution in [1.82, 2.24) is 0 Å². The first kappa shape index (κ1) is 8.38. The van der Waals surface area contributed by atoms with Crippen molar-refractivity contribution >= 4 is 32.0 Å². The molecule has 0 saturated heterocycles. The van der Waals surface area contributed by atoms with Crippen LogP contribution in [0.3, 0.4) is 0 Å². The summed E-state index contributed by atoms with van der Waals surface area (Å²) in [5.41, 5.74) is 2.63. The van der Waals surface area contributed by atoms with Crippen molar-refractivity contribution in [1.29, 1.82) is 0 Å². The summed E-state index contributed by atoms with van der Waals surface area (Å²) in [6.07, 6.45) is 0. The van der Waals surface area contributed by atoms with Crippen LogP contribution in [0.2, 0.25) is 5.02 Å². The van der Waals surface area contributed by atoms with Gasteiger partial charge in [-0.1, -0.05) is 0 Å². The van der Waals surface area contributed by atoms with E-state index in [1.165, 1.54) is 11.1 Å². The van der Waals surface area contributed by atoms with Gasteiger partial charge in [0.05, 0.1) is 0 Å². The summed E-state index contributed by atoms with van der Waals surface area (Å²) in [6.45, 7) is 0. The van der Waals surface area contributed by atoms with Crippen molar-refractivity contribution in [2.24, 2.45) is 0 Å². The number of benzene rings is 1. The van der Waals surface area contributed by atoms with E-state index in [1.807, 2.05) is 12.1 Å². The Morgan fingerprint density at radius 2 is 1.67 bits per heavy atom. The summed E-state index contributed by atoms with van der Waals surface area (Å²) in [6, 6.07) is 10.2. The molecule has 1 heterocycles. The Labute approximate surface area is 86.4 Å². The quantitative estimate of drug-likeness (QED) is 0.708. The van der Waals surface area contributed by atoms with E-state index in [1.54, 1.807) is 0 Å². The molecular formula is C10H7ClTe. The molecule has 0 radical (unpaired) electrons. The van der Waals surface area contributed by atoms with Gasteiger partial charge in [0.2, 0.25) is 0 Å². The molecule has 2 heteroatoms. The van der Waals surface area contributed by atoms with Crippen LogP contribution in [0.25, 0.3) is 11.1 Å². The van der Waals surface area contributed by atoms with Gasteiger partial charge in [0.15, 0.2) is 0 Å². The zero-order valence-electron chi connectivity index (χ0n) is 6.33. The summed E-state index contributed by atoms with van der Waals surface area (Å²) >= 11 is 5.83. The van der Waals surface area contributed by atoms with Crippen LogP contribution in [0.4, 0.5) is 0 Å². The fourth-order valence-corrected chi connectivity index (χ4v) is 3.10. The molecule has 0 nitrogen and oxygen atoms in total. The molecule has 0 atom stereocenters. The molecule has 2 aromatic rings. The van der Waals surface area contributed by atoms with Gasteiger partial charge in [0.1, 0.15) is 0 Å². The fraction of sp³-hybridized carbons (Fsp3) is 0. The van der Waals surface area contributed by atoms with Crippen molar-refractivity contribution in [2.45, 2.75) is 0 Å². The summed E-state index contributed by atoms with van der Waals surface area (Å²) in [5, 5.41) is 0.804. The third-order valence-corrected chi connectivity index (χ3v) is 3.90. The Balaban J connectivity index is 2.43. The van der Waals surface area contributed by atoms with Crippen molar-refractivity contribution in [3.63, 3.8) is 0 Å². The van der Waals surface area contributed by atoms with Crippen LogP contribution in [0, 0.1) is 0 Å². The van der Waals surface area contributed by atoms with Crippen LogP contribution in [-0.4, -0.2) is 20.4 Å². The molecule has 0 N–H and O–H groups in total. The van der Waals surface area contributed by atoms with Crippen LogP contribution in [0.15, 0.2) is 38.5 Å². The second-order valence-electron chi connectivity index (χ2n) is 2.52. The monoisotopic (exact) mass is 292 g/mol. The van der Waals surface area contributed by atoms with E-state index < -0.39 is 0 Å². The van der Waals surface area contributed by atoms with Gasteiger partial charge in [0, 0.05) is 0 Å². The predicted molar refractivity (Wildman–Crippen MR) is 53.8 cm³/mol. The van der Waals surface area contributed by atoms with Gasteiger partial charge in [0.25, 0.3) is 0 Å². The van der Waals surface area contributed by atoms with E-state index in [0.29, 0.717) is 0 Å². The maximum atomic E-state index is 5.79. The molecule has 0 saturated carbocycles. The molecule has 0 aliphatic rings. The zero-order chi connectivity index (χ0) is 8.39. The molecule has 60 valence electrons. The van der Waals surface area contributed by atoms with Crippen LogP contribution in [-0.2, 0) is 0 Å². The van der Waals surface area contributed by atoms with E-state index in [-0.39, 0.29) is 20.4 Å². The number of halogens is 1. The molecule has 1 aromatic heterocycles. The van der Waals surface area contributed by atoms with Crippen molar-refractivity contribution in [3.05, 3.63) is 43.5 Å². The van der Waals surface area contributed by atoms with E-state index in [4.69, 9.17) is 11.6 Å².